The third kappa shape index (κ3) is 2.35. The Kier molecular flexibility index (Phi) is 3.61. The number of furan rings is 1. The van der Waals surface area contributed by atoms with Crippen molar-refractivity contribution in [1.29, 1.82) is 0 Å². The Morgan fingerprint density at radius 1 is 1.50 bits per heavy atom. The van der Waals surface area contributed by atoms with Crippen molar-refractivity contribution in [3.63, 3.8) is 0 Å². The van der Waals surface area contributed by atoms with Crippen LogP contribution in [0.3, 0.4) is 0 Å². The third-order valence-electron chi connectivity index (χ3n) is 2.26. The van der Waals surface area contributed by atoms with E-state index in [9.17, 15) is 10.1 Å². The van der Waals surface area contributed by atoms with Crippen LogP contribution in [0.15, 0.2) is 33.4 Å². The zero-order valence-electron chi connectivity index (χ0n) is 9.51. The molecule has 18 heavy (non-hydrogen) atoms. The molecule has 0 saturated heterocycles. The summed E-state index contributed by atoms with van der Waals surface area (Å²) in [5, 5.41) is 14.0. The van der Waals surface area contributed by atoms with E-state index in [-0.39, 0.29) is 11.4 Å². The van der Waals surface area contributed by atoms with Crippen LogP contribution in [0.5, 0.6) is 0 Å². The molecular formula is C11H10BrN3O3. The van der Waals surface area contributed by atoms with Crippen molar-refractivity contribution in [1.82, 2.24) is 4.98 Å². The number of hydrogen-bond acceptors (Lipinski definition) is 5. The van der Waals surface area contributed by atoms with Crippen LogP contribution in [-0.4, -0.2) is 16.5 Å². The van der Waals surface area contributed by atoms with Crippen LogP contribution < -0.4 is 5.32 Å². The molecule has 2 heterocycles. The average Bonchev–Trinajstić information content (AvgIpc) is 2.75. The van der Waals surface area contributed by atoms with Crippen LogP contribution in [0.4, 0.5) is 11.5 Å². The molecule has 0 aliphatic heterocycles. The van der Waals surface area contributed by atoms with Gasteiger partial charge in [-0.1, -0.05) is 0 Å². The monoisotopic (exact) mass is 311 g/mol. The van der Waals surface area contributed by atoms with E-state index < -0.39 is 4.92 Å². The van der Waals surface area contributed by atoms with Gasteiger partial charge in [0.05, 0.1) is 15.7 Å². The van der Waals surface area contributed by atoms with Gasteiger partial charge in [0.1, 0.15) is 5.82 Å². The van der Waals surface area contributed by atoms with E-state index >= 15 is 0 Å². The predicted molar refractivity (Wildman–Crippen MR) is 70.5 cm³/mol. The maximum Gasteiger partial charge on any atom is 0.298 e. The molecule has 2 aromatic heterocycles. The number of nitrogens with zero attached hydrogens (tertiary/aromatic N) is 2. The summed E-state index contributed by atoms with van der Waals surface area (Å²) in [6.07, 6.45) is 1.45. The Balaban J connectivity index is 2.58. The van der Waals surface area contributed by atoms with E-state index in [1.54, 1.807) is 12.1 Å². The summed E-state index contributed by atoms with van der Waals surface area (Å²) < 4.78 is 5.86. The lowest BCUT2D eigenvalue weighted by atomic mass is 10.2. The minimum atomic E-state index is -0.479. The van der Waals surface area contributed by atoms with E-state index in [4.69, 9.17) is 4.42 Å². The second-order valence-electron chi connectivity index (χ2n) is 3.45. The Labute approximate surface area is 111 Å². The van der Waals surface area contributed by atoms with Gasteiger partial charge in [0.25, 0.3) is 5.69 Å². The lowest BCUT2D eigenvalue weighted by Crippen LogP contribution is -2.02. The highest BCUT2D eigenvalue weighted by atomic mass is 79.9. The van der Waals surface area contributed by atoms with E-state index in [1.807, 2.05) is 6.92 Å². The Hall–Kier alpha value is -1.89. The van der Waals surface area contributed by atoms with Gasteiger partial charge in [-0.25, -0.2) is 4.98 Å². The van der Waals surface area contributed by atoms with Gasteiger partial charge >= 0.3 is 0 Å². The largest absolute Gasteiger partial charge is 0.461 e. The summed E-state index contributed by atoms with van der Waals surface area (Å²) in [6.45, 7) is 2.61. The van der Waals surface area contributed by atoms with Crippen LogP contribution in [0.1, 0.15) is 6.92 Å². The first-order valence-electron chi connectivity index (χ1n) is 5.26. The van der Waals surface area contributed by atoms with Crippen LogP contribution in [0.2, 0.25) is 0 Å². The zero-order chi connectivity index (χ0) is 13.1. The van der Waals surface area contributed by atoms with E-state index in [0.29, 0.717) is 22.6 Å². The lowest BCUT2D eigenvalue weighted by Gasteiger charge is -2.05. The molecule has 0 radical (unpaired) electrons. The number of pyridine rings is 1. The van der Waals surface area contributed by atoms with Crippen molar-refractivity contribution in [3.05, 3.63) is 39.0 Å². The maximum atomic E-state index is 11.0. The average molecular weight is 312 g/mol. The molecule has 6 nitrogen and oxygen atoms in total. The summed E-state index contributed by atoms with van der Waals surface area (Å²) >= 11 is 3.27. The summed E-state index contributed by atoms with van der Waals surface area (Å²) in [6, 6.07) is 4.65. The number of rotatable bonds is 4. The van der Waals surface area contributed by atoms with Crippen molar-refractivity contribution in [3.8, 4) is 11.5 Å². The molecule has 2 aromatic rings. The molecular weight excluding hydrogens is 302 g/mol. The molecule has 0 unspecified atom stereocenters. The molecule has 0 aliphatic carbocycles. The van der Waals surface area contributed by atoms with Gasteiger partial charge in [-0.2, -0.15) is 0 Å². The Bertz CT molecular complexity index is 583. The number of anilines is 1. The number of hydrogen-bond donors (Lipinski definition) is 1. The molecule has 0 bridgehead atoms. The number of halogens is 1. The molecule has 0 fully saturated rings. The van der Waals surface area contributed by atoms with Gasteiger partial charge in [0.15, 0.2) is 11.5 Å². The Morgan fingerprint density at radius 3 is 2.83 bits per heavy atom. The van der Waals surface area contributed by atoms with Crippen molar-refractivity contribution >= 4 is 27.4 Å². The molecule has 1 N–H and O–H groups in total. The molecule has 0 saturated carbocycles. The first kappa shape index (κ1) is 12.6. The lowest BCUT2D eigenvalue weighted by molar-refractivity contribution is -0.384. The quantitative estimate of drug-likeness (QED) is 0.691. The molecule has 2 rings (SSSR count). The highest BCUT2D eigenvalue weighted by molar-refractivity contribution is 9.10. The number of aromatic nitrogens is 1. The van der Waals surface area contributed by atoms with Gasteiger partial charge in [0, 0.05) is 12.6 Å². The topological polar surface area (TPSA) is 81.2 Å². The highest BCUT2D eigenvalue weighted by Gasteiger charge is 2.22. The smallest absolute Gasteiger partial charge is 0.298 e. The first-order valence-corrected chi connectivity index (χ1v) is 6.05. The molecule has 0 aliphatic rings. The molecule has 7 heteroatoms. The fourth-order valence-corrected chi connectivity index (χ4v) is 1.90. The van der Waals surface area contributed by atoms with Gasteiger partial charge in [-0.05, 0) is 35.0 Å². The van der Waals surface area contributed by atoms with E-state index in [0.717, 1.165) is 0 Å². The number of nitro groups is 1. The normalized spacial score (nSPS) is 10.3. The van der Waals surface area contributed by atoms with Gasteiger partial charge in [0.2, 0.25) is 0 Å². The molecule has 0 spiro atoms. The minimum Gasteiger partial charge on any atom is -0.461 e. The SMILES string of the molecule is CCNc1ccc([N+](=O)[O-])c(-c2occc2Br)n1. The standard InChI is InChI=1S/C11H10BrN3O3/c1-2-13-9-4-3-8(15(16)17)10(14-9)11-7(12)5-6-18-11/h3-6H,2H2,1H3,(H,13,14). The third-order valence-corrected chi connectivity index (χ3v) is 2.89. The summed E-state index contributed by atoms with van der Waals surface area (Å²) in [5.41, 5.74) is 0.114. The van der Waals surface area contributed by atoms with Crippen LogP contribution >= 0.6 is 15.9 Å². The molecule has 94 valence electrons. The second-order valence-corrected chi connectivity index (χ2v) is 4.30. The maximum absolute atomic E-state index is 11.0. The molecule has 0 aromatic carbocycles. The summed E-state index contributed by atoms with van der Waals surface area (Å²) in [4.78, 5) is 14.7. The fourth-order valence-electron chi connectivity index (χ4n) is 1.51. The molecule has 0 amide bonds. The minimum absolute atomic E-state index is 0.0905. The number of nitrogens with one attached hydrogen (secondary N) is 1. The van der Waals surface area contributed by atoms with Gasteiger partial charge < -0.3 is 9.73 Å². The van der Waals surface area contributed by atoms with Crippen LogP contribution in [0, 0.1) is 10.1 Å². The van der Waals surface area contributed by atoms with E-state index in [1.165, 1.54) is 12.3 Å². The van der Waals surface area contributed by atoms with Crippen molar-refractivity contribution in [2.24, 2.45) is 0 Å². The van der Waals surface area contributed by atoms with Crippen LogP contribution in [-0.2, 0) is 0 Å². The van der Waals surface area contributed by atoms with Gasteiger partial charge in [-0.3, -0.25) is 10.1 Å². The van der Waals surface area contributed by atoms with E-state index in [2.05, 4.69) is 26.2 Å². The summed E-state index contributed by atoms with van der Waals surface area (Å²) in [7, 11) is 0. The summed E-state index contributed by atoms with van der Waals surface area (Å²) in [5.74, 6) is 0.919. The van der Waals surface area contributed by atoms with Crippen molar-refractivity contribution in [2.75, 3.05) is 11.9 Å². The first-order chi connectivity index (χ1) is 8.63. The van der Waals surface area contributed by atoms with Crippen LogP contribution in [0.25, 0.3) is 11.5 Å². The fraction of sp³-hybridized carbons (Fsp3) is 0.182. The highest BCUT2D eigenvalue weighted by Crippen LogP contribution is 2.34. The van der Waals surface area contributed by atoms with Crippen molar-refractivity contribution < 1.29 is 9.34 Å². The van der Waals surface area contributed by atoms with Crippen molar-refractivity contribution in [2.45, 2.75) is 6.92 Å². The Morgan fingerprint density at radius 2 is 2.28 bits per heavy atom. The second kappa shape index (κ2) is 5.18. The zero-order valence-corrected chi connectivity index (χ0v) is 11.1. The molecule has 0 atom stereocenters. The van der Waals surface area contributed by atoms with Gasteiger partial charge in [-0.15, -0.1) is 0 Å². The predicted octanol–water partition coefficient (Wildman–Crippen LogP) is 3.44.